The fourth-order valence-corrected chi connectivity index (χ4v) is 3.63. The summed E-state index contributed by atoms with van der Waals surface area (Å²) in [5.74, 6) is 0.158. The summed E-state index contributed by atoms with van der Waals surface area (Å²) in [6.07, 6.45) is 5.30. The maximum atomic E-state index is 12.8. The van der Waals surface area contributed by atoms with Crippen molar-refractivity contribution in [1.82, 2.24) is 10.2 Å². The number of carbonyl (C=O) groups is 1. The molecule has 21 heavy (non-hydrogen) atoms. The standard InChI is InChI=1S/C17H24N2O2/c20-10-9-19(15-7-3-4-8-15)17(21)16-11-13-5-1-2-6-14(13)12-18-16/h1-2,5-6,15-16,18,20H,3-4,7-12H2/t16-/m1/s1. The van der Waals surface area contributed by atoms with Crippen molar-refractivity contribution >= 4 is 5.91 Å². The van der Waals surface area contributed by atoms with Crippen molar-refractivity contribution in [3.63, 3.8) is 0 Å². The lowest BCUT2D eigenvalue weighted by atomic mass is 9.95. The zero-order chi connectivity index (χ0) is 14.7. The Morgan fingerprint density at radius 2 is 1.95 bits per heavy atom. The van der Waals surface area contributed by atoms with E-state index >= 15 is 0 Å². The molecule has 2 aliphatic rings. The lowest BCUT2D eigenvalue weighted by Gasteiger charge is -2.34. The summed E-state index contributed by atoms with van der Waals surface area (Å²) in [6, 6.07) is 8.48. The molecule has 0 bridgehead atoms. The topological polar surface area (TPSA) is 52.6 Å². The Hall–Kier alpha value is -1.39. The average Bonchev–Trinajstić information content (AvgIpc) is 3.05. The van der Waals surface area contributed by atoms with Gasteiger partial charge in [-0.25, -0.2) is 0 Å². The molecule has 1 aliphatic heterocycles. The summed E-state index contributed by atoms with van der Waals surface area (Å²) in [4.78, 5) is 14.8. The van der Waals surface area contributed by atoms with Crippen LogP contribution in [0.15, 0.2) is 24.3 Å². The number of amides is 1. The lowest BCUT2D eigenvalue weighted by Crippen LogP contribution is -2.52. The molecule has 1 aromatic rings. The van der Waals surface area contributed by atoms with Gasteiger partial charge in [0, 0.05) is 19.1 Å². The number of benzene rings is 1. The maximum Gasteiger partial charge on any atom is 0.240 e. The van der Waals surface area contributed by atoms with Gasteiger partial charge < -0.3 is 15.3 Å². The van der Waals surface area contributed by atoms with Gasteiger partial charge in [0.1, 0.15) is 0 Å². The fraction of sp³-hybridized carbons (Fsp3) is 0.588. The predicted octanol–water partition coefficient (Wildman–Crippen LogP) is 1.46. The van der Waals surface area contributed by atoms with Crippen LogP contribution >= 0.6 is 0 Å². The number of rotatable bonds is 4. The van der Waals surface area contributed by atoms with Crippen molar-refractivity contribution in [3.8, 4) is 0 Å². The number of hydrogen-bond donors (Lipinski definition) is 2. The number of fused-ring (bicyclic) bond motifs is 1. The van der Waals surface area contributed by atoms with Crippen molar-refractivity contribution in [3.05, 3.63) is 35.4 Å². The first-order valence-corrected chi connectivity index (χ1v) is 8.01. The van der Waals surface area contributed by atoms with Crippen LogP contribution in [0, 0.1) is 0 Å². The lowest BCUT2D eigenvalue weighted by molar-refractivity contribution is -0.136. The van der Waals surface area contributed by atoms with Gasteiger partial charge in [0.15, 0.2) is 0 Å². The van der Waals surface area contributed by atoms with Gasteiger partial charge in [0.2, 0.25) is 5.91 Å². The minimum atomic E-state index is -0.146. The van der Waals surface area contributed by atoms with E-state index < -0.39 is 0 Å². The van der Waals surface area contributed by atoms with Crippen LogP contribution in [0.25, 0.3) is 0 Å². The van der Waals surface area contributed by atoms with Gasteiger partial charge in [-0.2, -0.15) is 0 Å². The van der Waals surface area contributed by atoms with Crippen molar-refractivity contribution in [2.24, 2.45) is 0 Å². The Labute approximate surface area is 126 Å². The smallest absolute Gasteiger partial charge is 0.240 e. The quantitative estimate of drug-likeness (QED) is 0.882. The van der Waals surface area contributed by atoms with E-state index in [1.165, 1.54) is 24.0 Å². The molecular weight excluding hydrogens is 264 g/mol. The van der Waals surface area contributed by atoms with E-state index in [0.717, 1.165) is 25.8 Å². The molecule has 0 spiro atoms. The second-order valence-electron chi connectivity index (χ2n) is 6.10. The third kappa shape index (κ3) is 3.11. The molecule has 4 heteroatoms. The summed E-state index contributed by atoms with van der Waals surface area (Å²) in [5, 5.41) is 12.7. The molecule has 114 valence electrons. The first-order chi connectivity index (χ1) is 10.3. The van der Waals surface area contributed by atoms with Crippen molar-refractivity contribution in [2.75, 3.05) is 13.2 Å². The molecule has 2 N–H and O–H groups in total. The summed E-state index contributed by atoms with van der Waals surface area (Å²) in [6.45, 7) is 1.26. The van der Waals surface area contributed by atoms with E-state index in [-0.39, 0.29) is 18.6 Å². The van der Waals surface area contributed by atoms with E-state index in [1.54, 1.807) is 0 Å². The summed E-state index contributed by atoms with van der Waals surface area (Å²) in [5.41, 5.74) is 2.56. The molecule has 1 aromatic carbocycles. The molecule has 0 radical (unpaired) electrons. The second-order valence-corrected chi connectivity index (χ2v) is 6.10. The Bertz CT molecular complexity index is 497. The SMILES string of the molecule is O=C([C@H]1Cc2ccccc2CN1)N(CCO)C1CCCC1. The van der Waals surface area contributed by atoms with Crippen molar-refractivity contribution in [2.45, 2.75) is 50.7 Å². The van der Waals surface area contributed by atoms with Crippen molar-refractivity contribution in [1.29, 1.82) is 0 Å². The fourth-order valence-electron chi connectivity index (χ4n) is 3.63. The molecular formula is C17H24N2O2. The summed E-state index contributed by atoms with van der Waals surface area (Å²) in [7, 11) is 0. The second kappa shape index (κ2) is 6.58. The Balaban J connectivity index is 1.71. The van der Waals surface area contributed by atoms with Crippen LogP contribution in [0.4, 0.5) is 0 Å². The maximum absolute atomic E-state index is 12.8. The van der Waals surface area contributed by atoms with Gasteiger partial charge in [0.05, 0.1) is 12.6 Å². The molecule has 0 aromatic heterocycles. The minimum Gasteiger partial charge on any atom is -0.395 e. The zero-order valence-corrected chi connectivity index (χ0v) is 12.4. The number of nitrogens with one attached hydrogen (secondary N) is 1. The van der Waals surface area contributed by atoms with Gasteiger partial charge in [-0.05, 0) is 30.4 Å². The molecule has 1 heterocycles. The van der Waals surface area contributed by atoms with E-state index in [1.807, 2.05) is 17.0 Å². The van der Waals surface area contributed by atoms with Crippen LogP contribution in [-0.4, -0.2) is 41.1 Å². The van der Waals surface area contributed by atoms with E-state index in [0.29, 0.717) is 12.6 Å². The molecule has 1 amide bonds. The average molecular weight is 288 g/mol. The first kappa shape index (κ1) is 14.5. The van der Waals surface area contributed by atoms with Crippen LogP contribution < -0.4 is 5.32 Å². The summed E-state index contributed by atoms with van der Waals surface area (Å²) < 4.78 is 0. The Kier molecular flexibility index (Phi) is 4.56. The number of aliphatic hydroxyl groups is 1. The molecule has 0 unspecified atom stereocenters. The molecule has 3 rings (SSSR count). The molecule has 1 saturated carbocycles. The highest BCUT2D eigenvalue weighted by atomic mass is 16.3. The highest BCUT2D eigenvalue weighted by Crippen LogP contribution is 2.25. The van der Waals surface area contributed by atoms with Crippen LogP contribution in [-0.2, 0) is 17.8 Å². The highest BCUT2D eigenvalue weighted by Gasteiger charge is 2.32. The minimum absolute atomic E-state index is 0.0472. The molecule has 0 saturated heterocycles. The number of hydrogen-bond acceptors (Lipinski definition) is 3. The van der Waals surface area contributed by atoms with Gasteiger partial charge in [-0.15, -0.1) is 0 Å². The largest absolute Gasteiger partial charge is 0.395 e. The number of aliphatic hydroxyl groups excluding tert-OH is 1. The number of carbonyl (C=O) groups excluding carboxylic acids is 1. The van der Waals surface area contributed by atoms with Gasteiger partial charge in [-0.3, -0.25) is 4.79 Å². The highest BCUT2D eigenvalue weighted by molar-refractivity contribution is 5.83. The van der Waals surface area contributed by atoms with E-state index in [4.69, 9.17) is 0 Å². The first-order valence-electron chi connectivity index (χ1n) is 8.01. The molecule has 1 fully saturated rings. The predicted molar refractivity (Wildman–Crippen MR) is 81.8 cm³/mol. The van der Waals surface area contributed by atoms with Crippen LogP contribution in [0.3, 0.4) is 0 Å². The van der Waals surface area contributed by atoms with Gasteiger partial charge in [-0.1, -0.05) is 37.1 Å². The molecule has 1 aliphatic carbocycles. The van der Waals surface area contributed by atoms with E-state index in [9.17, 15) is 9.90 Å². The monoisotopic (exact) mass is 288 g/mol. The Morgan fingerprint density at radius 1 is 1.24 bits per heavy atom. The summed E-state index contributed by atoms with van der Waals surface area (Å²) >= 11 is 0. The van der Waals surface area contributed by atoms with Gasteiger partial charge in [0.25, 0.3) is 0 Å². The van der Waals surface area contributed by atoms with Crippen LogP contribution in [0.5, 0.6) is 0 Å². The molecule has 1 atom stereocenters. The van der Waals surface area contributed by atoms with Crippen LogP contribution in [0.1, 0.15) is 36.8 Å². The van der Waals surface area contributed by atoms with E-state index in [2.05, 4.69) is 17.4 Å². The normalized spacial score (nSPS) is 22.0. The number of nitrogens with zero attached hydrogens (tertiary/aromatic N) is 1. The van der Waals surface area contributed by atoms with Crippen LogP contribution in [0.2, 0.25) is 0 Å². The van der Waals surface area contributed by atoms with Gasteiger partial charge >= 0.3 is 0 Å². The van der Waals surface area contributed by atoms with Crippen molar-refractivity contribution < 1.29 is 9.90 Å². The zero-order valence-electron chi connectivity index (χ0n) is 12.4. The Morgan fingerprint density at radius 3 is 2.67 bits per heavy atom. The molecule has 4 nitrogen and oxygen atoms in total. The third-order valence-corrected chi connectivity index (χ3v) is 4.77. The third-order valence-electron chi connectivity index (χ3n) is 4.77.